The molecule has 5 nitrogen and oxygen atoms in total. The van der Waals surface area contributed by atoms with Gasteiger partial charge in [0.2, 0.25) is 17.6 Å². The van der Waals surface area contributed by atoms with E-state index in [1.807, 2.05) is 38.1 Å². The Morgan fingerprint density at radius 2 is 2.24 bits per heavy atom. The molecule has 0 aliphatic heterocycles. The monoisotopic (exact) mass is 285 g/mol. The van der Waals surface area contributed by atoms with Crippen LogP contribution in [0.25, 0.3) is 11.4 Å². The number of nitrogens with one attached hydrogen (secondary N) is 1. The Hall–Kier alpha value is -2.17. The minimum atomic E-state index is -0.260. The van der Waals surface area contributed by atoms with Gasteiger partial charge in [-0.2, -0.15) is 4.98 Å². The van der Waals surface area contributed by atoms with E-state index >= 15 is 0 Å². The van der Waals surface area contributed by atoms with Crippen LogP contribution >= 0.6 is 0 Å². The second-order valence-corrected chi connectivity index (χ2v) is 5.68. The van der Waals surface area contributed by atoms with Crippen LogP contribution in [0.3, 0.4) is 0 Å². The van der Waals surface area contributed by atoms with Crippen molar-refractivity contribution in [2.24, 2.45) is 5.92 Å². The van der Waals surface area contributed by atoms with Crippen molar-refractivity contribution in [2.75, 3.05) is 0 Å². The number of nitrogens with zero attached hydrogens (tertiary/aromatic N) is 2. The molecule has 110 valence electrons. The van der Waals surface area contributed by atoms with Crippen molar-refractivity contribution in [1.29, 1.82) is 0 Å². The van der Waals surface area contributed by atoms with E-state index in [-0.39, 0.29) is 17.9 Å². The molecule has 1 aromatic carbocycles. The van der Waals surface area contributed by atoms with Gasteiger partial charge in [-0.3, -0.25) is 4.79 Å². The van der Waals surface area contributed by atoms with Crippen LogP contribution in [0.5, 0.6) is 0 Å². The van der Waals surface area contributed by atoms with Crippen molar-refractivity contribution in [2.45, 2.75) is 39.2 Å². The van der Waals surface area contributed by atoms with Crippen LogP contribution in [0.1, 0.15) is 43.7 Å². The second-order valence-electron chi connectivity index (χ2n) is 5.68. The molecule has 1 fully saturated rings. The molecule has 0 saturated heterocycles. The summed E-state index contributed by atoms with van der Waals surface area (Å²) in [7, 11) is 0. The Morgan fingerprint density at radius 1 is 1.43 bits per heavy atom. The van der Waals surface area contributed by atoms with Crippen LogP contribution in [0.15, 0.2) is 28.8 Å². The molecule has 5 heteroatoms. The maximum absolute atomic E-state index is 11.9. The average Bonchev–Trinajstić information content (AvgIpc) is 2.86. The summed E-state index contributed by atoms with van der Waals surface area (Å²) in [6.45, 7) is 3.88. The van der Waals surface area contributed by atoms with Crippen LogP contribution in [0, 0.1) is 12.8 Å². The summed E-state index contributed by atoms with van der Waals surface area (Å²) in [6.07, 6.45) is 3.11. The Bertz CT molecular complexity index is 646. The van der Waals surface area contributed by atoms with E-state index in [0.717, 1.165) is 30.4 Å². The van der Waals surface area contributed by atoms with Crippen LogP contribution in [0.4, 0.5) is 0 Å². The zero-order valence-corrected chi connectivity index (χ0v) is 12.3. The van der Waals surface area contributed by atoms with Crippen molar-refractivity contribution in [1.82, 2.24) is 15.5 Å². The lowest BCUT2D eigenvalue weighted by Crippen LogP contribution is -2.36. The van der Waals surface area contributed by atoms with E-state index in [0.29, 0.717) is 11.7 Å². The quantitative estimate of drug-likeness (QED) is 0.937. The van der Waals surface area contributed by atoms with E-state index in [1.165, 1.54) is 0 Å². The molecule has 0 radical (unpaired) electrons. The number of hydrogen-bond acceptors (Lipinski definition) is 4. The maximum Gasteiger partial charge on any atom is 0.249 e. The number of benzene rings is 1. The first-order valence-electron chi connectivity index (χ1n) is 7.34. The van der Waals surface area contributed by atoms with Gasteiger partial charge in [-0.15, -0.1) is 0 Å². The molecule has 1 aromatic heterocycles. The van der Waals surface area contributed by atoms with E-state index in [4.69, 9.17) is 4.52 Å². The molecule has 1 atom stereocenters. The van der Waals surface area contributed by atoms with E-state index in [9.17, 15) is 4.79 Å². The lowest BCUT2D eigenvalue weighted by atomic mass is 9.84. The molecule has 1 aliphatic carbocycles. The highest BCUT2D eigenvalue weighted by atomic mass is 16.5. The summed E-state index contributed by atoms with van der Waals surface area (Å²) >= 11 is 0. The van der Waals surface area contributed by atoms with Crippen LogP contribution < -0.4 is 5.32 Å². The zero-order valence-electron chi connectivity index (χ0n) is 12.3. The summed E-state index contributed by atoms with van der Waals surface area (Å²) in [5, 5.41) is 6.94. The molecule has 21 heavy (non-hydrogen) atoms. The zero-order chi connectivity index (χ0) is 14.8. The molecule has 1 N–H and O–H groups in total. The molecule has 0 spiro atoms. The first kappa shape index (κ1) is 13.8. The van der Waals surface area contributed by atoms with Crippen LogP contribution in [-0.4, -0.2) is 16.0 Å². The lowest BCUT2D eigenvalue weighted by molar-refractivity contribution is -0.128. The Morgan fingerprint density at radius 3 is 2.90 bits per heavy atom. The van der Waals surface area contributed by atoms with Gasteiger partial charge in [-0.05, 0) is 32.8 Å². The predicted octanol–water partition coefficient (Wildman–Crippen LogP) is 3.02. The van der Waals surface area contributed by atoms with E-state index < -0.39 is 0 Å². The molecule has 3 rings (SSSR count). The minimum Gasteiger partial charge on any atom is -0.344 e. The Balaban J connectivity index is 1.70. The second kappa shape index (κ2) is 5.68. The minimum absolute atomic E-state index is 0.0871. The van der Waals surface area contributed by atoms with Gasteiger partial charge in [0.15, 0.2) is 0 Å². The van der Waals surface area contributed by atoms with Crippen molar-refractivity contribution in [3.05, 3.63) is 35.7 Å². The van der Waals surface area contributed by atoms with Crippen molar-refractivity contribution >= 4 is 5.91 Å². The van der Waals surface area contributed by atoms with Gasteiger partial charge in [0.25, 0.3) is 0 Å². The largest absolute Gasteiger partial charge is 0.344 e. The highest BCUT2D eigenvalue weighted by Gasteiger charge is 2.27. The lowest BCUT2D eigenvalue weighted by Gasteiger charge is -2.25. The molecule has 1 heterocycles. The molecule has 1 amide bonds. The van der Waals surface area contributed by atoms with Gasteiger partial charge >= 0.3 is 0 Å². The van der Waals surface area contributed by atoms with Crippen LogP contribution in [0.2, 0.25) is 0 Å². The molecule has 2 aromatic rings. The van der Waals surface area contributed by atoms with Gasteiger partial charge in [-0.1, -0.05) is 35.3 Å². The maximum atomic E-state index is 11.9. The molecule has 1 unspecified atom stereocenters. The summed E-state index contributed by atoms with van der Waals surface area (Å²) < 4.78 is 5.28. The third-order valence-electron chi connectivity index (χ3n) is 3.92. The number of amides is 1. The van der Waals surface area contributed by atoms with Gasteiger partial charge in [0, 0.05) is 11.5 Å². The number of hydrogen-bond donors (Lipinski definition) is 1. The number of aromatic nitrogens is 2. The first-order chi connectivity index (χ1) is 10.1. The fourth-order valence-electron chi connectivity index (χ4n) is 2.38. The molecule has 1 saturated carbocycles. The molecule has 1 aliphatic rings. The predicted molar refractivity (Wildman–Crippen MR) is 78.4 cm³/mol. The normalized spacial score (nSPS) is 16.3. The van der Waals surface area contributed by atoms with Gasteiger partial charge in [0.05, 0.1) is 0 Å². The third-order valence-corrected chi connectivity index (χ3v) is 3.92. The molecular formula is C16H19N3O2. The standard InChI is InChI=1S/C16H19N3O2/c1-10-5-3-8-13(9-10)14-18-16(21-19-14)11(2)17-15(20)12-6-4-7-12/h3,5,8-9,11-12H,4,6-7H2,1-2H3,(H,17,20). The number of rotatable bonds is 4. The van der Waals surface area contributed by atoms with Crippen molar-refractivity contribution in [3.8, 4) is 11.4 Å². The van der Waals surface area contributed by atoms with Gasteiger partial charge in [-0.25, -0.2) is 0 Å². The van der Waals surface area contributed by atoms with Gasteiger partial charge in [0.1, 0.15) is 6.04 Å². The Kier molecular flexibility index (Phi) is 3.73. The fraction of sp³-hybridized carbons (Fsp3) is 0.438. The summed E-state index contributed by atoms with van der Waals surface area (Å²) in [5.41, 5.74) is 2.06. The molecular weight excluding hydrogens is 266 g/mol. The topological polar surface area (TPSA) is 68.0 Å². The first-order valence-corrected chi connectivity index (χ1v) is 7.34. The third kappa shape index (κ3) is 2.96. The number of carbonyl (C=O) groups is 1. The van der Waals surface area contributed by atoms with Crippen LogP contribution in [-0.2, 0) is 4.79 Å². The van der Waals surface area contributed by atoms with Crippen molar-refractivity contribution < 1.29 is 9.32 Å². The Labute approximate surface area is 123 Å². The molecule has 0 bridgehead atoms. The highest BCUT2D eigenvalue weighted by molar-refractivity contribution is 5.79. The summed E-state index contributed by atoms with van der Waals surface area (Å²) in [5.74, 6) is 1.24. The number of aryl methyl sites for hydroxylation is 1. The SMILES string of the molecule is Cc1cccc(-c2noc(C(C)NC(=O)C3CCC3)n2)c1. The summed E-state index contributed by atoms with van der Waals surface area (Å²) in [6, 6.07) is 7.67. The van der Waals surface area contributed by atoms with Crippen molar-refractivity contribution in [3.63, 3.8) is 0 Å². The average molecular weight is 285 g/mol. The summed E-state index contributed by atoms with van der Waals surface area (Å²) in [4.78, 5) is 16.3. The fourth-order valence-corrected chi connectivity index (χ4v) is 2.38. The van der Waals surface area contributed by atoms with E-state index in [1.54, 1.807) is 0 Å². The van der Waals surface area contributed by atoms with Gasteiger partial charge < -0.3 is 9.84 Å². The smallest absolute Gasteiger partial charge is 0.249 e. The highest BCUT2D eigenvalue weighted by Crippen LogP contribution is 2.27. The number of carbonyl (C=O) groups excluding carboxylic acids is 1. The van der Waals surface area contributed by atoms with E-state index in [2.05, 4.69) is 15.5 Å².